The highest BCUT2D eigenvalue weighted by molar-refractivity contribution is 6.00. The van der Waals surface area contributed by atoms with Crippen LogP contribution < -0.4 is 9.64 Å². The highest BCUT2D eigenvalue weighted by Crippen LogP contribution is 2.29. The molecule has 4 rings (SSSR count). The van der Waals surface area contributed by atoms with Crippen LogP contribution in [0.15, 0.2) is 24.3 Å². The summed E-state index contributed by atoms with van der Waals surface area (Å²) in [5, 5.41) is 0. The lowest BCUT2D eigenvalue weighted by Gasteiger charge is -2.38. The Kier molecular flexibility index (Phi) is 5.85. The van der Waals surface area contributed by atoms with E-state index in [1.165, 1.54) is 25.7 Å². The number of anilines is 1. The van der Waals surface area contributed by atoms with Crippen LogP contribution in [0, 0.1) is 5.92 Å². The van der Waals surface area contributed by atoms with E-state index in [0.29, 0.717) is 19.6 Å². The number of carbonyl (C=O) groups excluding carboxylic acids is 2. The number of carbonyl (C=O) groups is 2. The molecule has 2 aliphatic heterocycles. The second-order valence-electron chi connectivity index (χ2n) is 8.13. The Morgan fingerprint density at radius 1 is 1.07 bits per heavy atom. The van der Waals surface area contributed by atoms with Crippen molar-refractivity contribution in [2.75, 3.05) is 44.2 Å². The minimum absolute atomic E-state index is 0.0344. The van der Waals surface area contributed by atoms with Crippen molar-refractivity contribution in [3.8, 4) is 5.75 Å². The van der Waals surface area contributed by atoms with Crippen molar-refractivity contribution in [3.63, 3.8) is 0 Å². The molecule has 0 aromatic heterocycles. The Morgan fingerprint density at radius 2 is 1.75 bits per heavy atom. The molecule has 6 nitrogen and oxygen atoms in total. The molecule has 28 heavy (non-hydrogen) atoms. The molecule has 1 atom stereocenters. The lowest BCUT2D eigenvalue weighted by Crippen LogP contribution is -2.52. The predicted octanol–water partition coefficient (Wildman–Crippen LogP) is 2.53. The van der Waals surface area contributed by atoms with Crippen molar-refractivity contribution in [1.29, 1.82) is 0 Å². The summed E-state index contributed by atoms with van der Waals surface area (Å²) in [4.78, 5) is 31.8. The number of hydrogen-bond acceptors (Lipinski definition) is 4. The Morgan fingerprint density at radius 3 is 2.39 bits per heavy atom. The summed E-state index contributed by atoms with van der Waals surface area (Å²) in [7, 11) is 0. The van der Waals surface area contributed by atoms with Gasteiger partial charge in [0.25, 0.3) is 0 Å². The smallest absolute Gasteiger partial charge is 0.228 e. The monoisotopic (exact) mass is 385 g/mol. The molecule has 2 saturated heterocycles. The number of nitrogens with zero attached hydrogens (tertiary/aromatic N) is 3. The van der Waals surface area contributed by atoms with Gasteiger partial charge in [-0.25, -0.2) is 0 Å². The van der Waals surface area contributed by atoms with Gasteiger partial charge in [-0.05, 0) is 44.0 Å². The first-order valence-electron chi connectivity index (χ1n) is 10.7. The third-order valence-electron chi connectivity index (χ3n) is 6.40. The van der Waals surface area contributed by atoms with Gasteiger partial charge in [-0.15, -0.1) is 0 Å². The summed E-state index contributed by atoms with van der Waals surface area (Å²) in [6, 6.07) is 8.28. The van der Waals surface area contributed by atoms with E-state index in [2.05, 4.69) is 4.90 Å². The fourth-order valence-corrected chi connectivity index (χ4v) is 4.85. The second-order valence-corrected chi connectivity index (χ2v) is 8.13. The maximum absolute atomic E-state index is 13.0. The fourth-order valence-electron chi connectivity index (χ4n) is 4.85. The van der Waals surface area contributed by atoms with E-state index < -0.39 is 0 Å². The molecule has 6 heteroatoms. The summed E-state index contributed by atoms with van der Waals surface area (Å²) >= 11 is 0. The van der Waals surface area contributed by atoms with Crippen LogP contribution >= 0.6 is 0 Å². The van der Waals surface area contributed by atoms with Crippen molar-refractivity contribution < 1.29 is 14.3 Å². The van der Waals surface area contributed by atoms with E-state index in [0.717, 1.165) is 43.7 Å². The molecular weight excluding hydrogens is 354 g/mol. The summed E-state index contributed by atoms with van der Waals surface area (Å²) < 4.78 is 5.47. The molecule has 1 saturated carbocycles. The van der Waals surface area contributed by atoms with E-state index in [4.69, 9.17) is 4.74 Å². The van der Waals surface area contributed by atoms with Gasteiger partial charge < -0.3 is 14.5 Å². The van der Waals surface area contributed by atoms with Crippen molar-refractivity contribution in [2.45, 2.75) is 45.1 Å². The van der Waals surface area contributed by atoms with Gasteiger partial charge in [0.05, 0.1) is 12.5 Å². The topological polar surface area (TPSA) is 53.1 Å². The van der Waals surface area contributed by atoms with E-state index in [9.17, 15) is 9.59 Å². The molecule has 3 aliphatic rings. The first kappa shape index (κ1) is 19.2. The van der Waals surface area contributed by atoms with Crippen LogP contribution in [0.1, 0.15) is 39.0 Å². The summed E-state index contributed by atoms with van der Waals surface area (Å²) in [5.41, 5.74) is 0.842. The number of ether oxygens (including phenoxy) is 1. The molecule has 1 aromatic carbocycles. The number of benzene rings is 1. The molecule has 2 heterocycles. The lowest BCUT2D eigenvalue weighted by atomic mass is 10.1. The fraction of sp³-hybridized carbons (Fsp3) is 0.636. The zero-order valence-corrected chi connectivity index (χ0v) is 16.8. The standard InChI is InChI=1S/C22H31N3O3/c1-2-28-20-9-7-19(8-10-20)25-16-17(15-21(25)26)22(27)24-13-11-23(12-14-24)18-5-3-4-6-18/h7-10,17-18H,2-6,11-16H2,1H3/t17-/m0/s1. The molecule has 0 radical (unpaired) electrons. The van der Waals surface area contributed by atoms with Crippen LogP contribution in [0.5, 0.6) is 5.75 Å². The normalized spacial score (nSPS) is 24.2. The average Bonchev–Trinajstić information content (AvgIpc) is 3.39. The van der Waals surface area contributed by atoms with Gasteiger partial charge in [0, 0.05) is 50.9 Å². The summed E-state index contributed by atoms with van der Waals surface area (Å²) in [6.45, 7) is 6.58. The van der Waals surface area contributed by atoms with Crippen LogP contribution in [0.3, 0.4) is 0 Å². The quantitative estimate of drug-likeness (QED) is 0.782. The first-order chi connectivity index (χ1) is 13.7. The maximum atomic E-state index is 13.0. The highest BCUT2D eigenvalue weighted by atomic mass is 16.5. The van der Waals surface area contributed by atoms with Crippen molar-refractivity contribution >= 4 is 17.5 Å². The molecule has 0 spiro atoms. The van der Waals surface area contributed by atoms with Crippen LogP contribution in [0.2, 0.25) is 0 Å². The van der Waals surface area contributed by atoms with Crippen LogP contribution in [0.25, 0.3) is 0 Å². The Bertz CT molecular complexity index is 691. The molecule has 1 aliphatic carbocycles. The zero-order valence-electron chi connectivity index (χ0n) is 16.8. The average molecular weight is 386 g/mol. The molecule has 0 N–H and O–H groups in total. The zero-order chi connectivity index (χ0) is 19.5. The van der Waals surface area contributed by atoms with Crippen molar-refractivity contribution in [2.24, 2.45) is 5.92 Å². The summed E-state index contributed by atoms with van der Waals surface area (Å²) in [5.74, 6) is 0.753. The molecule has 3 fully saturated rings. The second kappa shape index (κ2) is 8.52. The first-order valence-corrected chi connectivity index (χ1v) is 10.7. The van der Waals surface area contributed by atoms with Gasteiger partial charge in [-0.2, -0.15) is 0 Å². The Balaban J connectivity index is 1.32. The SMILES string of the molecule is CCOc1ccc(N2C[C@@H](C(=O)N3CCN(C4CCCC4)CC3)CC2=O)cc1. The van der Waals surface area contributed by atoms with Crippen LogP contribution in [-0.4, -0.2) is 67.0 Å². The predicted molar refractivity (Wildman–Crippen MR) is 108 cm³/mol. The number of piperazine rings is 1. The highest BCUT2D eigenvalue weighted by Gasteiger charge is 2.38. The van der Waals surface area contributed by atoms with E-state index >= 15 is 0 Å². The van der Waals surface area contributed by atoms with Gasteiger partial charge in [0.15, 0.2) is 0 Å². The number of amides is 2. The minimum atomic E-state index is -0.225. The minimum Gasteiger partial charge on any atom is -0.494 e. The summed E-state index contributed by atoms with van der Waals surface area (Å²) in [6.07, 6.45) is 5.61. The van der Waals surface area contributed by atoms with Gasteiger partial charge in [0.2, 0.25) is 11.8 Å². The van der Waals surface area contributed by atoms with Gasteiger partial charge in [0.1, 0.15) is 5.75 Å². The lowest BCUT2D eigenvalue weighted by molar-refractivity contribution is -0.137. The third kappa shape index (κ3) is 4.02. The molecule has 0 bridgehead atoms. The van der Waals surface area contributed by atoms with E-state index in [1.807, 2.05) is 36.1 Å². The van der Waals surface area contributed by atoms with E-state index in [-0.39, 0.29) is 17.7 Å². The largest absolute Gasteiger partial charge is 0.494 e. The third-order valence-corrected chi connectivity index (χ3v) is 6.40. The Hall–Kier alpha value is -2.08. The molecule has 0 unspecified atom stereocenters. The van der Waals surface area contributed by atoms with E-state index in [1.54, 1.807) is 4.90 Å². The molecule has 2 amide bonds. The van der Waals surface area contributed by atoms with Crippen LogP contribution in [0.4, 0.5) is 5.69 Å². The Labute approximate surface area is 167 Å². The molecule has 1 aromatic rings. The van der Waals surface area contributed by atoms with Gasteiger partial charge in [-0.1, -0.05) is 12.8 Å². The van der Waals surface area contributed by atoms with Gasteiger partial charge in [-0.3, -0.25) is 14.5 Å². The maximum Gasteiger partial charge on any atom is 0.228 e. The number of hydrogen-bond donors (Lipinski definition) is 0. The van der Waals surface area contributed by atoms with Crippen molar-refractivity contribution in [1.82, 2.24) is 9.80 Å². The van der Waals surface area contributed by atoms with Crippen molar-refractivity contribution in [3.05, 3.63) is 24.3 Å². The van der Waals surface area contributed by atoms with Crippen LogP contribution in [-0.2, 0) is 9.59 Å². The van der Waals surface area contributed by atoms with Gasteiger partial charge >= 0.3 is 0 Å². The molecular formula is C22H31N3O3. The molecule has 152 valence electrons. The number of rotatable bonds is 5.